The zero-order valence-corrected chi connectivity index (χ0v) is 21.7. The molecule has 5 rings (SSSR count). The first-order chi connectivity index (χ1) is 16.7. The third kappa shape index (κ3) is 5.30. The molecule has 3 heterocycles. The molecule has 0 bridgehead atoms. The first-order valence-electron chi connectivity index (χ1n) is 12.3. The highest BCUT2D eigenvalue weighted by molar-refractivity contribution is 7.91. The fourth-order valence-electron chi connectivity index (χ4n) is 4.72. The van der Waals surface area contributed by atoms with Gasteiger partial charge in [-0.3, -0.25) is 4.79 Å². The van der Waals surface area contributed by atoms with Gasteiger partial charge in [0, 0.05) is 49.5 Å². The van der Waals surface area contributed by atoms with E-state index >= 15 is 0 Å². The summed E-state index contributed by atoms with van der Waals surface area (Å²) in [5.74, 6) is 0.434. The second-order valence-corrected chi connectivity index (χ2v) is 12.8. The second kappa shape index (κ2) is 9.65. The molecule has 3 aliphatic rings. The quantitative estimate of drug-likeness (QED) is 0.523. The molecular weight excluding hydrogens is 491 g/mol. The maximum absolute atomic E-state index is 14.7. The van der Waals surface area contributed by atoms with Crippen molar-refractivity contribution in [2.75, 3.05) is 30.3 Å². The van der Waals surface area contributed by atoms with Crippen molar-refractivity contribution in [3.63, 3.8) is 0 Å². The fourth-order valence-corrected chi connectivity index (χ4v) is 7.28. The molecule has 0 N–H and O–H groups in total. The standard InChI is InChI=1S/C24H31FN4O4S2/c1-15(2)22-26-24(34-27-22)28-10-7-17(8-11-28)29-12-9-21(23(29)30)33-20-6-5-18(13-19(20)25)35(31,32)14-16-3-4-16/h5-6,13,15-17,21H,3-4,7-12,14H2,1-2H3. The molecule has 1 aromatic heterocycles. The van der Waals surface area contributed by atoms with Gasteiger partial charge in [0.15, 0.2) is 27.5 Å². The zero-order valence-electron chi connectivity index (χ0n) is 20.0. The molecule has 3 fully saturated rings. The normalized spacial score (nSPS) is 21.8. The lowest BCUT2D eigenvalue weighted by Crippen LogP contribution is -2.47. The summed E-state index contributed by atoms with van der Waals surface area (Å²) in [6.07, 6.45) is 3.20. The van der Waals surface area contributed by atoms with Crippen molar-refractivity contribution < 1.29 is 22.3 Å². The Morgan fingerprint density at radius 3 is 2.51 bits per heavy atom. The molecule has 1 aromatic carbocycles. The Morgan fingerprint density at radius 1 is 1.14 bits per heavy atom. The van der Waals surface area contributed by atoms with Gasteiger partial charge in [0.1, 0.15) is 5.82 Å². The predicted octanol–water partition coefficient (Wildman–Crippen LogP) is 3.63. The molecule has 0 spiro atoms. The molecule has 1 atom stereocenters. The number of hydrogen-bond donors (Lipinski definition) is 0. The van der Waals surface area contributed by atoms with Crippen LogP contribution in [0.4, 0.5) is 9.52 Å². The van der Waals surface area contributed by atoms with E-state index in [1.54, 1.807) is 0 Å². The van der Waals surface area contributed by atoms with Gasteiger partial charge in [0.05, 0.1) is 10.6 Å². The van der Waals surface area contributed by atoms with Crippen LogP contribution in [0.2, 0.25) is 0 Å². The largest absolute Gasteiger partial charge is 0.477 e. The van der Waals surface area contributed by atoms with Gasteiger partial charge in [0.25, 0.3) is 5.91 Å². The van der Waals surface area contributed by atoms with E-state index < -0.39 is 21.8 Å². The summed E-state index contributed by atoms with van der Waals surface area (Å²) in [7, 11) is -3.51. The minimum atomic E-state index is -3.51. The maximum atomic E-state index is 14.7. The summed E-state index contributed by atoms with van der Waals surface area (Å²) >= 11 is 1.42. The molecule has 1 saturated carbocycles. The van der Waals surface area contributed by atoms with Crippen LogP contribution in [-0.4, -0.2) is 66.1 Å². The van der Waals surface area contributed by atoms with E-state index in [0.29, 0.717) is 18.9 Å². The van der Waals surface area contributed by atoms with Crippen LogP contribution in [0.15, 0.2) is 23.1 Å². The van der Waals surface area contributed by atoms with Crippen molar-refractivity contribution >= 4 is 32.4 Å². The van der Waals surface area contributed by atoms with Gasteiger partial charge in [-0.15, -0.1) is 0 Å². The molecule has 1 amide bonds. The van der Waals surface area contributed by atoms with Crippen LogP contribution in [0.1, 0.15) is 57.7 Å². The lowest BCUT2D eigenvalue weighted by atomic mass is 10.0. The smallest absolute Gasteiger partial charge is 0.263 e. The number of aromatic nitrogens is 2. The van der Waals surface area contributed by atoms with E-state index in [1.807, 2.05) is 4.90 Å². The van der Waals surface area contributed by atoms with Gasteiger partial charge in [-0.2, -0.15) is 4.37 Å². The third-order valence-electron chi connectivity index (χ3n) is 7.00. The molecule has 1 aliphatic carbocycles. The molecule has 2 saturated heterocycles. The Balaban J connectivity index is 1.17. The lowest BCUT2D eigenvalue weighted by molar-refractivity contribution is -0.135. The number of ether oxygens (including phenoxy) is 1. The summed E-state index contributed by atoms with van der Waals surface area (Å²) < 4.78 is 49.7. The molecule has 190 valence electrons. The average molecular weight is 523 g/mol. The number of halogens is 1. The van der Waals surface area contributed by atoms with Crippen LogP contribution in [0.3, 0.4) is 0 Å². The molecule has 2 aliphatic heterocycles. The van der Waals surface area contributed by atoms with E-state index in [4.69, 9.17) is 4.74 Å². The first-order valence-corrected chi connectivity index (χ1v) is 14.7. The van der Waals surface area contributed by atoms with Gasteiger partial charge in [-0.25, -0.2) is 17.8 Å². The molecule has 35 heavy (non-hydrogen) atoms. The van der Waals surface area contributed by atoms with Gasteiger partial charge in [-0.05, 0) is 49.8 Å². The molecule has 2 aromatic rings. The van der Waals surface area contributed by atoms with Crippen molar-refractivity contribution in [1.29, 1.82) is 0 Å². The number of piperidine rings is 1. The van der Waals surface area contributed by atoms with E-state index in [9.17, 15) is 17.6 Å². The highest BCUT2D eigenvalue weighted by Gasteiger charge is 2.39. The van der Waals surface area contributed by atoms with Crippen LogP contribution in [0, 0.1) is 11.7 Å². The number of carbonyl (C=O) groups is 1. The number of benzene rings is 1. The number of likely N-dealkylation sites (tertiary alicyclic amines) is 1. The number of nitrogens with zero attached hydrogens (tertiary/aromatic N) is 4. The molecule has 8 nitrogen and oxygen atoms in total. The summed E-state index contributed by atoms with van der Waals surface area (Å²) in [6.45, 7) is 6.33. The predicted molar refractivity (Wildman–Crippen MR) is 131 cm³/mol. The van der Waals surface area contributed by atoms with Crippen molar-refractivity contribution in [2.45, 2.75) is 68.9 Å². The SMILES string of the molecule is CC(C)c1nsc(N2CCC(N3CCC(Oc4ccc(S(=O)(=O)CC5CC5)cc4F)C3=O)CC2)n1. The van der Waals surface area contributed by atoms with Crippen molar-refractivity contribution in [2.24, 2.45) is 5.92 Å². The second-order valence-electron chi connectivity index (χ2n) is 10.1. The lowest BCUT2D eigenvalue weighted by Gasteiger charge is -2.36. The van der Waals surface area contributed by atoms with Crippen molar-refractivity contribution in [1.82, 2.24) is 14.3 Å². The maximum Gasteiger partial charge on any atom is 0.263 e. The summed E-state index contributed by atoms with van der Waals surface area (Å²) in [6, 6.07) is 3.83. The van der Waals surface area contributed by atoms with E-state index in [2.05, 4.69) is 28.1 Å². The highest BCUT2D eigenvalue weighted by Crippen LogP contribution is 2.34. The van der Waals surface area contributed by atoms with E-state index in [-0.39, 0.29) is 34.3 Å². The van der Waals surface area contributed by atoms with Gasteiger partial charge in [0.2, 0.25) is 5.13 Å². The van der Waals surface area contributed by atoms with Crippen LogP contribution < -0.4 is 9.64 Å². The molecule has 1 unspecified atom stereocenters. The number of anilines is 1. The number of rotatable bonds is 8. The van der Waals surface area contributed by atoms with Gasteiger partial charge >= 0.3 is 0 Å². The monoisotopic (exact) mass is 522 g/mol. The van der Waals surface area contributed by atoms with Gasteiger partial charge < -0.3 is 14.5 Å². The molecular formula is C24H31FN4O4S2. The number of amides is 1. The summed E-state index contributed by atoms with van der Waals surface area (Å²) in [4.78, 5) is 21.7. The Morgan fingerprint density at radius 2 is 1.89 bits per heavy atom. The Hall–Kier alpha value is -2.27. The number of sulfone groups is 1. The first kappa shape index (κ1) is 24.4. The van der Waals surface area contributed by atoms with Crippen LogP contribution in [0.5, 0.6) is 5.75 Å². The third-order valence-corrected chi connectivity index (χ3v) is 9.67. The fraction of sp³-hybridized carbons (Fsp3) is 0.625. The molecule has 11 heteroatoms. The van der Waals surface area contributed by atoms with E-state index in [1.165, 1.54) is 23.7 Å². The minimum Gasteiger partial charge on any atom is -0.477 e. The Bertz CT molecular complexity index is 1190. The molecule has 0 radical (unpaired) electrons. The summed E-state index contributed by atoms with van der Waals surface area (Å²) in [5.41, 5.74) is 0. The van der Waals surface area contributed by atoms with Crippen LogP contribution >= 0.6 is 11.5 Å². The van der Waals surface area contributed by atoms with Crippen LogP contribution in [-0.2, 0) is 14.6 Å². The van der Waals surface area contributed by atoms with E-state index in [0.717, 1.165) is 55.8 Å². The summed E-state index contributed by atoms with van der Waals surface area (Å²) in [5, 5.41) is 0.930. The topological polar surface area (TPSA) is 92.7 Å². The van der Waals surface area contributed by atoms with Crippen molar-refractivity contribution in [3.05, 3.63) is 29.8 Å². The number of carbonyl (C=O) groups excluding carboxylic acids is 1. The Labute approximate surface area is 209 Å². The highest BCUT2D eigenvalue weighted by atomic mass is 32.2. The van der Waals surface area contributed by atoms with Crippen LogP contribution in [0.25, 0.3) is 0 Å². The van der Waals surface area contributed by atoms with Gasteiger partial charge in [-0.1, -0.05) is 13.8 Å². The average Bonchev–Trinajstić information content (AvgIpc) is 3.35. The minimum absolute atomic E-state index is 0.0312. The Kier molecular flexibility index (Phi) is 6.73. The zero-order chi connectivity index (χ0) is 24.7. The van der Waals surface area contributed by atoms with Crippen molar-refractivity contribution in [3.8, 4) is 5.75 Å². The number of hydrogen-bond acceptors (Lipinski definition) is 8.